The second-order valence-corrected chi connectivity index (χ2v) is 15.1. The Hall–Kier alpha value is -1.50. The summed E-state index contributed by atoms with van der Waals surface area (Å²) in [5.74, 6) is -1.24. The summed E-state index contributed by atoms with van der Waals surface area (Å²) in [6.07, 6.45) is -1.64. The molecule has 0 aromatic heterocycles. The molecule has 0 radical (unpaired) electrons. The minimum atomic E-state index is -1.10. The molecule has 2 atom stereocenters. The molecule has 12 nitrogen and oxygen atoms in total. The van der Waals surface area contributed by atoms with E-state index in [1.807, 2.05) is 0 Å². The summed E-state index contributed by atoms with van der Waals surface area (Å²) in [6.45, 7) is 12.4. The van der Waals surface area contributed by atoms with Gasteiger partial charge in [-0.05, 0) is 61.8 Å². The van der Waals surface area contributed by atoms with Gasteiger partial charge in [-0.3, -0.25) is 28.8 Å². The molecule has 262 valence electrons. The zero-order chi connectivity index (χ0) is 36.4. The topological polar surface area (TPSA) is 173 Å². The van der Waals surface area contributed by atoms with E-state index < -0.39 is 28.5 Å². The number of aliphatic hydroxyl groups is 3. The van der Waals surface area contributed by atoms with Gasteiger partial charge in [-0.2, -0.15) is 0 Å². The van der Waals surface area contributed by atoms with Gasteiger partial charge in [-0.1, -0.05) is 0 Å². The summed E-state index contributed by atoms with van der Waals surface area (Å²) < 4.78 is 0. The first-order valence-electron chi connectivity index (χ1n) is 13.6. The van der Waals surface area contributed by atoms with E-state index in [1.165, 1.54) is 28.5 Å². The van der Waals surface area contributed by atoms with Crippen LogP contribution in [-0.2, 0) is 43.9 Å². The number of aliphatic hydroxyl groups excluding tert-OH is 3. The fourth-order valence-electron chi connectivity index (χ4n) is 3.57. The first kappa shape index (κ1) is 49.4. The van der Waals surface area contributed by atoms with Gasteiger partial charge >= 0.3 is 34.5 Å². The first-order chi connectivity index (χ1) is 19.6. The number of carbonyl (C=O) groups is 6. The number of hydrogen-bond donors (Lipinski definition) is 3. The van der Waals surface area contributed by atoms with Crippen LogP contribution in [0.2, 0.25) is 0 Å². The number of carbonyl (C=O) groups excluding carboxylic acids is 6. The van der Waals surface area contributed by atoms with Crippen molar-refractivity contribution in [3.05, 3.63) is 0 Å². The average molecular weight is 762 g/mol. The molecule has 0 rings (SSSR count). The van der Waals surface area contributed by atoms with Gasteiger partial charge in [0.15, 0.2) is 5.78 Å². The Labute approximate surface area is 279 Å². The van der Waals surface area contributed by atoms with Crippen molar-refractivity contribution in [1.29, 1.82) is 0 Å². The molecular weight excluding hydrogens is 706 g/mol. The van der Waals surface area contributed by atoms with Crippen LogP contribution in [0.1, 0.15) is 74.7 Å². The normalized spacial score (nSPS) is 12.4. The summed E-state index contributed by atoms with van der Waals surface area (Å²) in [5.41, 5.74) is -2.84. The van der Waals surface area contributed by atoms with Crippen molar-refractivity contribution in [2.45, 2.75) is 86.9 Å². The van der Waals surface area contributed by atoms with Crippen LogP contribution in [0.5, 0.6) is 0 Å². The fourth-order valence-corrected chi connectivity index (χ4v) is 3.57. The third-order valence-electron chi connectivity index (χ3n) is 6.51. The van der Waals surface area contributed by atoms with Gasteiger partial charge in [0.05, 0.1) is 29.5 Å². The predicted octanol–water partition coefficient (Wildman–Crippen LogP) is 2.31. The second-order valence-electron chi connectivity index (χ2n) is 12.5. The Balaban J connectivity index is -0.000000261. The van der Waals surface area contributed by atoms with Crippen molar-refractivity contribution in [3.8, 4) is 0 Å². The zero-order valence-electron chi connectivity index (χ0n) is 28.7. The van der Waals surface area contributed by atoms with Crippen LogP contribution in [0, 0.1) is 16.2 Å². The van der Waals surface area contributed by atoms with Crippen molar-refractivity contribution in [2.75, 3.05) is 48.9 Å². The van der Waals surface area contributed by atoms with E-state index in [0.717, 1.165) is 0 Å². The molecular formula is C29H55Cl2N3O9Ru. The summed E-state index contributed by atoms with van der Waals surface area (Å²) in [4.78, 5) is 72.1. The van der Waals surface area contributed by atoms with E-state index in [1.54, 1.807) is 83.8 Å². The van der Waals surface area contributed by atoms with Gasteiger partial charge in [-0.15, -0.1) is 0 Å². The van der Waals surface area contributed by atoms with Gasteiger partial charge in [0.25, 0.3) is 0 Å². The molecule has 44 heavy (non-hydrogen) atoms. The molecule has 0 aliphatic rings. The van der Waals surface area contributed by atoms with Crippen LogP contribution in [0.15, 0.2) is 0 Å². The quantitative estimate of drug-likeness (QED) is 0.199. The van der Waals surface area contributed by atoms with Crippen molar-refractivity contribution in [3.63, 3.8) is 0 Å². The van der Waals surface area contributed by atoms with Crippen LogP contribution in [-0.4, -0.2) is 126 Å². The Bertz CT molecular complexity index is 941. The molecule has 3 N–H and O–H groups in total. The monoisotopic (exact) mass is 761 g/mol. The van der Waals surface area contributed by atoms with E-state index in [0.29, 0.717) is 0 Å². The summed E-state index contributed by atoms with van der Waals surface area (Å²) >= 11 is -0.346. The van der Waals surface area contributed by atoms with Crippen LogP contribution >= 0.6 is 19.4 Å². The third-order valence-corrected chi connectivity index (χ3v) is 6.51. The number of nitrogens with zero attached hydrogens (tertiary/aromatic N) is 3. The van der Waals surface area contributed by atoms with Gasteiger partial charge in [-0.25, -0.2) is 0 Å². The van der Waals surface area contributed by atoms with E-state index in [2.05, 4.69) is 0 Å². The van der Waals surface area contributed by atoms with Crippen molar-refractivity contribution in [1.82, 2.24) is 14.7 Å². The number of Topliss-reactive ketones (excluding diaryl/α,β-unsaturated/α-hetero) is 3. The van der Waals surface area contributed by atoms with Crippen molar-refractivity contribution in [2.24, 2.45) is 16.2 Å². The van der Waals surface area contributed by atoms with Crippen molar-refractivity contribution < 1.29 is 59.2 Å². The maximum absolute atomic E-state index is 11.6. The zero-order valence-corrected chi connectivity index (χ0v) is 32.0. The van der Waals surface area contributed by atoms with Crippen LogP contribution < -0.4 is 0 Å². The van der Waals surface area contributed by atoms with Gasteiger partial charge in [0.2, 0.25) is 17.7 Å². The molecule has 0 spiro atoms. The molecule has 0 aromatic rings. The van der Waals surface area contributed by atoms with Crippen LogP contribution in [0.4, 0.5) is 0 Å². The molecule has 0 aliphatic heterocycles. The van der Waals surface area contributed by atoms with E-state index in [4.69, 9.17) is 24.5 Å². The molecule has 0 fully saturated rings. The van der Waals surface area contributed by atoms with Crippen LogP contribution in [0.25, 0.3) is 0 Å². The Morgan fingerprint density at radius 3 is 1.23 bits per heavy atom. The van der Waals surface area contributed by atoms with Gasteiger partial charge in [0.1, 0.15) is 17.0 Å². The number of halogens is 2. The molecule has 0 bridgehead atoms. The molecule has 0 unspecified atom stereocenters. The fraction of sp³-hybridized carbons (Fsp3) is 0.793. The Kier molecular flexibility index (Phi) is 25.7. The summed E-state index contributed by atoms with van der Waals surface area (Å²) in [5, 5.41) is 27.9. The van der Waals surface area contributed by atoms with Gasteiger partial charge < -0.3 is 30.0 Å². The molecule has 15 heteroatoms. The van der Waals surface area contributed by atoms with Crippen LogP contribution in [0.3, 0.4) is 0 Å². The van der Waals surface area contributed by atoms with Crippen molar-refractivity contribution >= 4 is 54.5 Å². The second kappa shape index (κ2) is 22.9. The molecule has 3 amide bonds. The Morgan fingerprint density at radius 2 is 0.977 bits per heavy atom. The SMILES string of the molecule is CC(=O)CC(=O)C(C)(C)C(=O)N(C)C.CC(=O)C[C@H](O)C(C)(C)C(=O)N(C)C.CN(C)C(=O)C(C)(C)[C@@H](O)CCO.[Cl][Ru][Cl]. The summed E-state index contributed by atoms with van der Waals surface area (Å²) in [7, 11) is 19.4. The van der Waals surface area contributed by atoms with Gasteiger partial charge in [0, 0.05) is 55.3 Å². The molecule has 0 aromatic carbocycles. The van der Waals surface area contributed by atoms with E-state index in [-0.39, 0.29) is 76.1 Å². The Morgan fingerprint density at radius 1 is 0.659 bits per heavy atom. The maximum atomic E-state index is 11.6. The standard InChI is InChI=1S/C10H19NO3.C10H17NO3.C9H19NO3.2ClH.Ru/c2*1-7(12)6-8(13)10(2,3)9(14)11(4)5;1-9(2,7(12)5-6-11)8(13)10(3)4;;;/h8,13H,6H2,1-5H3;6H2,1-5H3;7,11-12H,5-6H2,1-4H3;2*1H;/q;;;;;+2/p-2/t8-;;7-;;;/m0.0.../s1. The molecule has 0 aliphatic carbocycles. The number of hydrogen-bond acceptors (Lipinski definition) is 9. The first-order valence-corrected chi connectivity index (χ1v) is 18.1. The third kappa shape index (κ3) is 19.1. The number of amides is 3. The van der Waals surface area contributed by atoms with E-state index in [9.17, 15) is 39.0 Å². The summed E-state index contributed by atoms with van der Waals surface area (Å²) in [6, 6.07) is 0. The van der Waals surface area contributed by atoms with E-state index >= 15 is 0 Å². The number of rotatable bonds is 12. The molecule has 0 saturated carbocycles. The number of ketones is 3. The molecule has 0 heterocycles. The molecule has 0 saturated heterocycles. The average Bonchev–Trinajstić information content (AvgIpc) is 2.87. The minimum absolute atomic E-state index is 0.0204. The predicted molar refractivity (Wildman–Crippen MR) is 168 cm³/mol.